The summed E-state index contributed by atoms with van der Waals surface area (Å²) in [6, 6.07) is 16.4. The summed E-state index contributed by atoms with van der Waals surface area (Å²) in [5.41, 5.74) is 2.46. The molecule has 4 heterocycles. The third kappa shape index (κ3) is 7.40. The Balaban J connectivity index is 1.48. The number of ether oxygens (including phenoxy) is 3. The summed E-state index contributed by atoms with van der Waals surface area (Å²) in [7, 11) is 3.02. The number of phenolic OH excluding ortho intramolecular Hbond substituents is 1. The van der Waals surface area contributed by atoms with Gasteiger partial charge in [-0.15, -0.1) is 0 Å². The Morgan fingerprint density at radius 2 is 1.68 bits per heavy atom. The van der Waals surface area contributed by atoms with Gasteiger partial charge in [0, 0.05) is 23.7 Å². The fraction of sp³-hybridized carbons (Fsp3) is 0.324. The third-order valence-electron chi connectivity index (χ3n) is 9.61. The number of fused-ring (bicyclic) bond motifs is 3. The predicted molar refractivity (Wildman–Crippen MR) is 188 cm³/mol. The molecule has 3 aliphatic rings. The van der Waals surface area contributed by atoms with Crippen molar-refractivity contribution in [2.45, 2.75) is 37.8 Å². The van der Waals surface area contributed by atoms with Crippen LogP contribution in [-0.4, -0.2) is 67.1 Å². The summed E-state index contributed by atoms with van der Waals surface area (Å²) < 4.78 is 17.8. The summed E-state index contributed by atoms with van der Waals surface area (Å²) >= 11 is 13.2. The van der Waals surface area contributed by atoms with Gasteiger partial charge in [-0.3, -0.25) is 9.80 Å². The Morgan fingerprint density at radius 1 is 1.00 bits per heavy atom. The largest absolute Gasteiger partial charge is 0.619 e. The van der Waals surface area contributed by atoms with Crippen LogP contribution in [0, 0.1) is 11.1 Å². The van der Waals surface area contributed by atoms with E-state index < -0.39 is 18.0 Å². The second kappa shape index (κ2) is 15.0. The van der Waals surface area contributed by atoms with Gasteiger partial charge in [-0.25, -0.2) is 9.59 Å². The Labute approximate surface area is 299 Å². The molecule has 13 heteroatoms. The average molecular weight is 723 g/mol. The van der Waals surface area contributed by atoms with Gasteiger partial charge >= 0.3 is 12.1 Å². The first-order chi connectivity index (χ1) is 24.1. The molecule has 2 atom stereocenters. The number of carboxylic acids is 1. The summed E-state index contributed by atoms with van der Waals surface area (Å²) in [5.74, 6) is -0.718. The van der Waals surface area contributed by atoms with Crippen molar-refractivity contribution < 1.29 is 38.7 Å². The number of aromatic hydroxyl groups is 1. The molecule has 0 aliphatic carbocycles. The smallest absolute Gasteiger partial charge is 0.414 e. The fourth-order valence-corrected chi connectivity index (χ4v) is 7.64. The molecule has 11 nitrogen and oxygen atoms in total. The number of hydrogen-bond donors (Lipinski definition) is 2. The number of carboxylic acid groups (broad SMARTS) is 1. The topological polar surface area (TPSA) is 136 Å². The molecule has 0 saturated carbocycles. The van der Waals surface area contributed by atoms with E-state index >= 15 is 0 Å². The number of piperidine rings is 3. The van der Waals surface area contributed by atoms with Crippen LogP contribution in [0.15, 0.2) is 73.1 Å². The maximum atomic E-state index is 14.1. The first-order valence-corrected chi connectivity index (χ1v) is 16.9. The average Bonchev–Trinajstić information content (AvgIpc) is 3.11. The molecule has 0 unspecified atom stereocenters. The second-order valence-corrected chi connectivity index (χ2v) is 13.3. The monoisotopic (exact) mass is 721 g/mol. The molecule has 4 aromatic rings. The van der Waals surface area contributed by atoms with Crippen LogP contribution in [-0.2, 0) is 17.7 Å². The highest BCUT2D eigenvalue weighted by molar-refractivity contribution is 6.35. The van der Waals surface area contributed by atoms with Crippen molar-refractivity contribution in [2.24, 2.45) is 5.92 Å². The number of phenols is 1. The number of methoxy groups -OCH3 is 2. The molecular formula is C37H37Cl2N3O8. The quantitative estimate of drug-likeness (QED) is 0.129. The van der Waals surface area contributed by atoms with E-state index in [1.54, 1.807) is 42.5 Å². The van der Waals surface area contributed by atoms with Crippen LogP contribution in [0.5, 0.6) is 17.2 Å². The van der Waals surface area contributed by atoms with E-state index in [0.29, 0.717) is 50.7 Å². The molecular weight excluding hydrogens is 685 g/mol. The number of benzene rings is 3. The minimum Gasteiger partial charge on any atom is -0.619 e. The number of pyridine rings is 1. The van der Waals surface area contributed by atoms with Gasteiger partial charge in [-0.2, -0.15) is 4.73 Å². The molecule has 2 N–H and O–H groups in total. The van der Waals surface area contributed by atoms with Gasteiger partial charge in [-0.1, -0.05) is 41.4 Å². The van der Waals surface area contributed by atoms with Crippen LogP contribution in [0.4, 0.5) is 10.5 Å². The molecule has 0 radical (unpaired) electrons. The number of aromatic carboxylic acids is 1. The lowest BCUT2D eigenvalue weighted by Crippen LogP contribution is -2.53. The number of halogens is 2. The zero-order valence-corrected chi connectivity index (χ0v) is 29.1. The number of carbonyl (C=O) groups is 2. The Hall–Kier alpha value is -4.71. The van der Waals surface area contributed by atoms with Crippen molar-refractivity contribution in [3.8, 4) is 17.2 Å². The first kappa shape index (κ1) is 35.1. The molecule has 3 saturated heterocycles. The highest BCUT2D eigenvalue weighted by Crippen LogP contribution is 2.41. The lowest BCUT2D eigenvalue weighted by atomic mass is 9.80. The van der Waals surface area contributed by atoms with Gasteiger partial charge in [0.05, 0.1) is 26.3 Å². The Morgan fingerprint density at radius 3 is 2.28 bits per heavy atom. The zero-order chi connectivity index (χ0) is 35.5. The molecule has 3 aliphatic heterocycles. The maximum Gasteiger partial charge on any atom is 0.414 e. The lowest BCUT2D eigenvalue weighted by molar-refractivity contribution is -0.605. The molecule has 7 rings (SSSR count). The van der Waals surface area contributed by atoms with Crippen molar-refractivity contribution in [1.29, 1.82) is 0 Å². The Bertz CT molecular complexity index is 1860. The SMILES string of the molecule is COc1ccc([C@H](Cc2c(Cl)c[n+]([O-])cc2Cl)c2c(CN(C(=O)O[C@H]3CN4CCC3CC4)c3ccc(O)cc3)cccc2C(=O)O)cc1OC. The van der Waals surface area contributed by atoms with Crippen molar-refractivity contribution in [3.05, 3.63) is 116 Å². The number of rotatable bonds is 11. The molecule has 0 spiro atoms. The number of aromatic nitrogens is 1. The van der Waals surface area contributed by atoms with Crippen LogP contribution in [0.25, 0.3) is 0 Å². The number of nitrogens with zero attached hydrogens (tertiary/aromatic N) is 3. The lowest BCUT2D eigenvalue weighted by Gasteiger charge is -2.44. The van der Waals surface area contributed by atoms with E-state index in [0.717, 1.165) is 25.9 Å². The highest BCUT2D eigenvalue weighted by Gasteiger charge is 2.38. The highest BCUT2D eigenvalue weighted by atomic mass is 35.5. The second-order valence-electron chi connectivity index (χ2n) is 12.5. The normalized spacial score (nSPS) is 18.7. The maximum absolute atomic E-state index is 14.1. The van der Waals surface area contributed by atoms with Gasteiger partial charge in [0.1, 0.15) is 21.9 Å². The van der Waals surface area contributed by atoms with Crippen LogP contribution in [0.2, 0.25) is 10.0 Å². The summed E-state index contributed by atoms with van der Waals surface area (Å²) in [6.07, 6.45) is 3.51. The standard InChI is InChI=1S/C37H37Cl2N3O8/c1-48-32-11-6-23(16-33(32)49-2)28(17-29-30(38)19-41(47)20-31(29)39)35-24(4-3-5-27(35)36(44)45)18-42(25-7-9-26(43)10-8-25)37(46)50-34-21-40-14-12-22(34)13-15-40/h3-11,16,19-20,22,28,34,43H,12-15,17-18,21H2,1-2H3,(H,44,45)/t28-,34-/m0/s1. The minimum absolute atomic E-state index is 0.000707. The van der Waals surface area contributed by atoms with E-state index in [2.05, 4.69) is 4.90 Å². The van der Waals surface area contributed by atoms with Crippen LogP contribution in [0.3, 0.4) is 0 Å². The number of hydrogen-bond acceptors (Lipinski definition) is 8. The number of amides is 1. The first-order valence-electron chi connectivity index (χ1n) is 16.2. The van der Waals surface area contributed by atoms with E-state index in [1.165, 1.54) is 49.7 Å². The van der Waals surface area contributed by atoms with E-state index in [1.807, 2.05) is 0 Å². The van der Waals surface area contributed by atoms with Gasteiger partial charge in [-0.05, 0) is 97.4 Å². The molecule has 1 amide bonds. The van der Waals surface area contributed by atoms with Gasteiger partial charge in [0.2, 0.25) is 0 Å². The molecule has 3 aromatic carbocycles. The van der Waals surface area contributed by atoms with Crippen LogP contribution < -0.4 is 19.1 Å². The molecule has 262 valence electrons. The summed E-state index contributed by atoms with van der Waals surface area (Å²) in [6.45, 7) is 2.55. The third-order valence-corrected chi connectivity index (χ3v) is 10.3. The van der Waals surface area contributed by atoms with Crippen LogP contribution in [0.1, 0.15) is 51.4 Å². The molecule has 2 bridgehead atoms. The van der Waals surface area contributed by atoms with E-state index in [4.69, 9.17) is 37.4 Å². The summed E-state index contributed by atoms with van der Waals surface area (Å²) in [4.78, 5) is 30.8. The molecule has 50 heavy (non-hydrogen) atoms. The van der Waals surface area contributed by atoms with Crippen molar-refractivity contribution >= 4 is 41.0 Å². The van der Waals surface area contributed by atoms with Crippen molar-refractivity contribution in [1.82, 2.24) is 4.90 Å². The van der Waals surface area contributed by atoms with E-state index in [9.17, 15) is 25.0 Å². The van der Waals surface area contributed by atoms with E-state index in [-0.39, 0.29) is 46.3 Å². The predicted octanol–water partition coefficient (Wildman–Crippen LogP) is 6.66. The minimum atomic E-state index is -1.18. The summed E-state index contributed by atoms with van der Waals surface area (Å²) in [5, 5.41) is 33.0. The number of carbonyl (C=O) groups excluding carboxylic acids is 1. The Kier molecular flexibility index (Phi) is 10.6. The molecule has 1 aromatic heterocycles. The van der Waals surface area contributed by atoms with Gasteiger partial charge in [0.25, 0.3) is 0 Å². The van der Waals surface area contributed by atoms with Gasteiger partial charge < -0.3 is 29.6 Å². The van der Waals surface area contributed by atoms with Crippen molar-refractivity contribution in [2.75, 3.05) is 38.8 Å². The molecule has 3 fully saturated rings. The fourth-order valence-electron chi connectivity index (χ4n) is 7.04. The van der Waals surface area contributed by atoms with Crippen molar-refractivity contribution in [3.63, 3.8) is 0 Å². The number of anilines is 1. The van der Waals surface area contributed by atoms with Gasteiger partial charge in [0.15, 0.2) is 23.9 Å². The van der Waals surface area contributed by atoms with Crippen LogP contribution >= 0.6 is 23.2 Å². The zero-order valence-electron chi connectivity index (χ0n) is 27.6.